The van der Waals surface area contributed by atoms with Crippen molar-refractivity contribution in [2.24, 2.45) is 0 Å². The van der Waals surface area contributed by atoms with Crippen LogP contribution in [0.15, 0.2) is 36.4 Å². The second-order valence-electron chi connectivity index (χ2n) is 4.40. The van der Waals surface area contributed by atoms with Crippen molar-refractivity contribution in [1.82, 2.24) is 0 Å². The van der Waals surface area contributed by atoms with E-state index in [1.165, 1.54) is 18.2 Å². The number of carbonyl (C=O) groups is 1. The van der Waals surface area contributed by atoms with Gasteiger partial charge in [-0.05, 0) is 49.2 Å². The van der Waals surface area contributed by atoms with Crippen LogP contribution in [0.2, 0.25) is 0 Å². The summed E-state index contributed by atoms with van der Waals surface area (Å²) in [5.74, 6) is -0.688. The van der Waals surface area contributed by atoms with Crippen LogP contribution in [0.1, 0.15) is 21.5 Å². The van der Waals surface area contributed by atoms with Gasteiger partial charge in [0.1, 0.15) is 11.5 Å². The van der Waals surface area contributed by atoms with Gasteiger partial charge in [0.25, 0.3) is 5.91 Å². The van der Waals surface area contributed by atoms with E-state index in [9.17, 15) is 15.0 Å². The van der Waals surface area contributed by atoms with Crippen LogP contribution in [-0.2, 0) is 0 Å². The number of amides is 1. The van der Waals surface area contributed by atoms with Gasteiger partial charge >= 0.3 is 0 Å². The van der Waals surface area contributed by atoms with Crippen molar-refractivity contribution in [3.05, 3.63) is 53.1 Å². The third kappa shape index (κ3) is 2.68. The first-order valence-corrected chi connectivity index (χ1v) is 5.88. The molecule has 3 N–H and O–H groups in total. The van der Waals surface area contributed by atoms with Gasteiger partial charge in [0.05, 0.1) is 5.56 Å². The normalized spacial score (nSPS) is 10.2. The Morgan fingerprint density at radius 1 is 1.11 bits per heavy atom. The molecule has 0 bridgehead atoms. The molecule has 98 valence electrons. The molecular weight excluding hydrogens is 242 g/mol. The smallest absolute Gasteiger partial charge is 0.259 e. The predicted molar refractivity (Wildman–Crippen MR) is 73.6 cm³/mol. The minimum absolute atomic E-state index is 0.0425. The van der Waals surface area contributed by atoms with E-state index in [2.05, 4.69) is 5.32 Å². The molecule has 0 aromatic heterocycles. The maximum atomic E-state index is 12.1. The van der Waals surface area contributed by atoms with Crippen molar-refractivity contribution in [2.75, 3.05) is 5.32 Å². The number of rotatable bonds is 2. The molecule has 2 aromatic carbocycles. The maximum absolute atomic E-state index is 12.1. The molecule has 0 radical (unpaired) electrons. The van der Waals surface area contributed by atoms with Gasteiger partial charge in [-0.2, -0.15) is 0 Å². The quantitative estimate of drug-likeness (QED) is 0.724. The minimum atomic E-state index is -0.456. The molecule has 0 fully saturated rings. The SMILES string of the molecule is Cc1cccc(NC(=O)c2cc(O)ccc2O)c1C. The van der Waals surface area contributed by atoms with Crippen LogP contribution < -0.4 is 5.32 Å². The van der Waals surface area contributed by atoms with Gasteiger partial charge in [-0.25, -0.2) is 0 Å². The molecule has 0 saturated carbocycles. The van der Waals surface area contributed by atoms with Crippen LogP contribution in [0.5, 0.6) is 11.5 Å². The Kier molecular flexibility index (Phi) is 3.42. The molecule has 0 spiro atoms. The largest absolute Gasteiger partial charge is 0.508 e. The first-order valence-electron chi connectivity index (χ1n) is 5.88. The van der Waals surface area contributed by atoms with Gasteiger partial charge in [0.2, 0.25) is 0 Å². The van der Waals surface area contributed by atoms with E-state index in [-0.39, 0.29) is 17.1 Å². The molecule has 2 aromatic rings. The van der Waals surface area contributed by atoms with Crippen molar-refractivity contribution in [2.45, 2.75) is 13.8 Å². The first kappa shape index (κ1) is 13.0. The molecule has 0 atom stereocenters. The summed E-state index contributed by atoms with van der Waals surface area (Å²) in [5.41, 5.74) is 2.77. The maximum Gasteiger partial charge on any atom is 0.259 e. The number of hydrogen-bond donors (Lipinski definition) is 3. The number of phenols is 2. The highest BCUT2D eigenvalue weighted by molar-refractivity contribution is 6.06. The molecule has 4 heteroatoms. The monoisotopic (exact) mass is 257 g/mol. The Bertz CT molecular complexity index is 635. The highest BCUT2D eigenvalue weighted by Crippen LogP contribution is 2.24. The summed E-state index contributed by atoms with van der Waals surface area (Å²) in [4.78, 5) is 12.1. The Morgan fingerprint density at radius 3 is 2.58 bits per heavy atom. The van der Waals surface area contributed by atoms with Crippen molar-refractivity contribution in [3.8, 4) is 11.5 Å². The van der Waals surface area contributed by atoms with Crippen molar-refractivity contribution >= 4 is 11.6 Å². The molecule has 0 saturated heterocycles. The summed E-state index contributed by atoms with van der Waals surface area (Å²) in [6.07, 6.45) is 0. The Hall–Kier alpha value is -2.49. The molecule has 0 aliphatic carbocycles. The fourth-order valence-corrected chi connectivity index (χ4v) is 1.78. The van der Waals surface area contributed by atoms with E-state index < -0.39 is 5.91 Å². The lowest BCUT2D eigenvalue weighted by molar-refractivity contribution is 0.102. The third-order valence-electron chi connectivity index (χ3n) is 3.08. The van der Waals surface area contributed by atoms with Crippen LogP contribution in [0, 0.1) is 13.8 Å². The first-order chi connectivity index (χ1) is 8.99. The molecule has 1 amide bonds. The van der Waals surface area contributed by atoms with Crippen LogP contribution in [0.25, 0.3) is 0 Å². The average Bonchev–Trinajstić information content (AvgIpc) is 2.38. The van der Waals surface area contributed by atoms with E-state index in [1.54, 1.807) is 6.07 Å². The summed E-state index contributed by atoms with van der Waals surface area (Å²) < 4.78 is 0. The van der Waals surface area contributed by atoms with E-state index in [0.717, 1.165) is 11.1 Å². The average molecular weight is 257 g/mol. The Morgan fingerprint density at radius 2 is 1.84 bits per heavy atom. The molecule has 2 rings (SSSR count). The number of carbonyl (C=O) groups excluding carboxylic acids is 1. The number of phenolic OH excluding ortho intramolecular Hbond substituents is 2. The number of nitrogens with one attached hydrogen (secondary N) is 1. The van der Waals surface area contributed by atoms with Crippen LogP contribution in [0.4, 0.5) is 5.69 Å². The standard InChI is InChI=1S/C15H15NO3/c1-9-4-3-5-13(10(9)2)16-15(19)12-8-11(17)6-7-14(12)18/h3-8,17-18H,1-2H3,(H,16,19). The minimum Gasteiger partial charge on any atom is -0.508 e. The van der Waals surface area contributed by atoms with Gasteiger partial charge in [-0.1, -0.05) is 12.1 Å². The van der Waals surface area contributed by atoms with Crippen LogP contribution in [-0.4, -0.2) is 16.1 Å². The Balaban J connectivity index is 2.31. The van der Waals surface area contributed by atoms with E-state index >= 15 is 0 Å². The topological polar surface area (TPSA) is 69.6 Å². The fraction of sp³-hybridized carbons (Fsp3) is 0.133. The zero-order chi connectivity index (χ0) is 14.0. The highest BCUT2D eigenvalue weighted by atomic mass is 16.3. The number of hydrogen-bond acceptors (Lipinski definition) is 3. The molecular formula is C15H15NO3. The third-order valence-corrected chi connectivity index (χ3v) is 3.08. The van der Waals surface area contributed by atoms with E-state index in [4.69, 9.17) is 0 Å². The van der Waals surface area contributed by atoms with Crippen LogP contribution >= 0.6 is 0 Å². The van der Waals surface area contributed by atoms with E-state index in [0.29, 0.717) is 5.69 Å². The molecule has 19 heavy (non-hydrogen) atoms. The Labute approximate surface area is 111 Å². The number of aryl methyl sites for hydroxylation is 1. The second-order valence-corrected chi connectivity index (χ2v) is 4.40. The van der Waals surface area contributed by atoms with Crippen molar-refractivity contribution in [1.29, 1.82) is 0 Å². The van der Waals surface area contributed by atoms with Gasteiger partial charge in [0, 0.05) is 5.69 Å². The second kappa shape index (κ2) is 5.02. The number of aromatic hydroxyl groups is 2. The van der Waals surface area contributed by atoms with Crippen LogP contribution in [0.3, 0.4) is 0 Å². The number of anilines is 1. The van der Waals surface area contributed by atoms with E-state index in [1.807, 2.05) is 26.0 Å². The van der Waals surface area contributed by atoms with Crippen molar-refractivity contribution < 1.29 is 15.0 Å². The zero-order valence-electron chi connectivity index (χ0n) is 10.8. The number of benzene rings is 2. The highest BCUT2D eigenvalue weighted by Gasteiger charge is 2.13. The fourth-order valence-electron chi connectivity index (χ4n) is 1.78. The molecule has 0 aliphatic heterocycles. The lowest BCUT2D eigenvalue weighted by Crippen LogP contribution is -2.13. The summed E-state index contributed by atoms with van der Waals surface area (Å²) in [5, 5.41) is 21.7. The molecule has 0 unspecified atom stereocenters. The summed E-state index contributed by atoms with van der Waals surface area (Å²) in [6.45, 7) is 3.87. The van der Waals surface area contributed by atoms with Gasteiger partial charge in [-0.3, -0.25) is 4.79 Å². The lowest BCUT2D eigenvalue weighted by Gasteiger charge is -2.11. The summed E-state index contributed by atoms with van der Waals surface area (Å²) in [6, 6.07) is 9.43. The van der Waals surface area contributed by atoms with Crippen molar-refractivity contribution in [3.63, 3.8) is 0 Å². The zero-order valence-corrected chi connectivity index (χ0v) is 10.8. The molecule has 0 heterocycles. The van der Waals surface area contributed by atoms with Gasteiger partial charge in [-0.15, -0.1) is 0 Å². The summed E-state index contributed by atoms with van der Waals surface area (Å²) in [7, 11) is 0. The predicted octanol–water partition coefficient (Wildman–Crippen LogP) is 2.97. The van der Waals surface area contributed by atoms with Gasteiger partial charge < -0.3 is 15.5 Å². The summed E-state index contributed by atoms with van der Waals surface area (Å²) >= 11 is 0. The molecule has 0 aliphatic rings. The molecule has 4 nitrogen and oxygen atoms in total. The van der Waals surface area contributed by atoms with Gasteiger partial charge in [0.15, 0.2) is 0 Å². The lowest BCUT2D eigenvalue weighted by atomic mass is 10.1.